The van der Waals surface area contributed by atoms with E-state index in [-0.39, 0.29) is 11.3 Å². The number of Topliss-reactive ketones (excluding diaryl/α,β-unsaturated/α-hetero) is 1. The van der Waals surface area contributed by atoms with Crippen LogP contribution in [0.25, 0.3) is 6.08 Å². The predicted octanol–water partition coefficient (Wildman–Crippen LogP) is 3.61. The molecule has 4 heteroatoms. The summed E-state index contributed by atoms with van der Waals surface area (Å²) in [5, 5.41) is 10.3. The Bertz CT molecular complexity index is 734. The van der Waals surface area contributed by atoms with Crippen molar-refractivity contribution in [1.82, 2.24) is 0 Å². The molecule has 0 bridgehead atoms. The fourth-order valence-electron chi connectivity index (χ4n) is 2.74. The first-order valence-electron chi connectivity index (χ1n) is 7.32. The molecular weight excluding hydrogens is 292 g/mol. The van der Waals surface area contributed by atoms with Crippen LogP contribution in [0.2, 0.25) is 0 Å². The van der Waals surface area contributed by atoms with Crippen LogP contribution in [0.5, 0.6) is 0 Å². The van der Waals surface area contributed by atoms with Crippen molar-refractivity contribution in [3.63, 3.8) is 0 Å². The van der Waals surface area contributed by atoms with Crippen LogP contribution in [0.15, 0.2) is 59.1 Å². The predicted molar refractivity (Wildman–Crippen MR) is 88.6 cm³/mol. The molecule has 4 nitrogen and oxygen atoms in total. The van der Waals surface area contributed by atoms with Crippen LogP contribution in [-0.4, -0.2) is 23.8 Å². The van der Waals surface area contributed by atoms with Crippen LogP contribution < -0.4 is 0 Å². The first-order chi connectivity index (χ1) is 10.8. The molecule has 1 aliphatic rings. The number of carbonyl (C=O) groups excluding carboxylic acids is 2. The maximum Gasteiger partial charge on any atom is 0.193 e. The van der Waals surface area contributed by atoms with Gasteiger partial charge in [-0.05, 0) is 32.4 Å². The standard InChI is InChI=1S/C19H20O4/c1-12-16(21)15(17(22)19(2,3)18(12)23-4)14(20)11-10-13-8-6-5-7-9-13/h5-11,21H,1-4H3. The molecular formula is C19H20O4. The van der Waals surface area contributed by atoms with Gasteiger partial charge in [0.1, 0.15) is 17.1 Å². The Morgan fingerprint density at radius 2 is 1.83 bits per heavy atom. The molecule has 0 radical (unpaired) electrons. The van der Waals surface area contributed by atoms with Gasteiger partial charge in [0, 0.05) is 5.57 Å². The first kappa shape index (κ1) is 16.7. The quantitative estimate of drug-likeness (QED) is 0.681. The average Bonchev–Trinajstić information content (AvgIpc) is 2.53. The Kier molecular flexibility index (Phi) is 4.55. The number of ether oxygens (including phenoxy) is 1. The highest BCUT2D eigenvalue weighted by Gasteiger charge is 2.44. The number of allylic oxidation sites excluding steroid dienone is 4. The van der Waals surface area contributed by atoms with Crippen LogP contribution in [-0.2, 0) is 14.3 Å². The molecule has 0 fully saturated rings. The van der Waals surface area contributed by atoms with Crippen molar-refractivity contribution in [2.75, 3.05) is 7.11 Å². The molecule has 23 heavy (non-hydrogen) atoms. The van der Waals surface area contributed by atoms with Gasteiger partial charge < -0.3 is 9.84 Å². The summed E-state index contributed by atoms with van der Waals surface area (Å²) in [7, 11) is 1.45. The minimum absolute atomic E-state index is 0.194. The van der Waals surface area contributed by atoms with Crippen molar-refractivity contribution < 1.29 is 19.4 Å². The zero-order valence-corrected chi connectivity index (χ0v) is 13.7. The number of methoxy groups -OCH3 is 1. The van der Waals surface area contributed by atoms with E-state index in [1.807, 2.05) is 30.3 Å². The monoisotopic (exact) mass is 312 g/mol. The molecule has 0 amide bonds. The lowest BCUT2D eigenvalue weighted by Gasteiger charge is -2.31. The molecule has 120 valence electrons. The van der Waals surface area contributed by atoms with E-state index in [1.165, 1.54) is 13.2 Å². The summed E-state index contributed by atoms with van der Waals surface area (Å²) in [6.45, 7) is 4.99. The molecule has 0 aliphatic heterocycles. The Morgan fingerprint density at radius 1 is 1.22 bits per heavy atom. The van der Waals surface area contributed by atoms with Crippen molar-refractivity contribution in [2.45, 2.75) is 20.8 Å². The third-order valence-corrected chi connectivity index (χ3v) is 3.97. The smallest absolute Gasteiger partial charge is 0.193 e. The zero-order chi connectivity index (χ0) is 17.2. The Morgan fingerprint density at radius 3 is 2.39 bits per heavy atom. The minimum Gasteiger partial charge on any atom is -0.507 e. The molecule has 1 aliphatic carbocycles. The lowest BCUT2D eigenvalue weighted by Crippen LogP contribution is -2.36. The van der Waals surface area contributed by atoms with Crippen LogP contribution in [0.3, 0.4) is 0 Å². The third kappa shape index (κ3) is 2.97. The van der Waals surface area contributed by atoms with Crippen molar-refractivity contribution in [2.24, 2.45) is 5.41 Å². The lowest BCUT2D eigenvalue weighted by atomic mass is 9.74. The summed E-state index contributed by atoms with van der Waals surface area (Å²) >= 11 is 0. The molecule has 2 rings (SSSR count). The molecule has 0 unspecified atom stereocenters. The molecule has 1 N–H and O–H groups in total. The van der Waals surface area contributed by atoms with E-state index >= 15 is 0 Å². The molecule has 0 saturated heterocycles. The van der Waals surface area contributed by atoms with Crippen LogP contribution in [0, 0.1) is 5.41 Å². The fraction of sp³-hybridized carbons (Fsp3) is 0.263. The second-order valence-corrected chi connectivity index (χ2v) is 5.94. The number of hydrogen-bond donors (Lipinski definition) is 1. The van der Waals surface area contributed by atoms with Gasteiger partial charge in [0.05, 0.1) is 12.5 Å². The minimum atomic E-state index is -0.989. The second-order valence-electron chi connectivity index (χ2n) is 5.94. The molecule has 0 saturated carbocycles. The summed E-state index contributed by atoms with van der Waals surface area (Å²) < 4.78 is 5.25. The van der Waals surface area contributed by atoms with Crippen LogP contribution >= 0.6 is 0 Å². The summed E-state index contributed by atoms with van der Waals surface area (Å²) in [6, 6.07) is 9.28. The van der Waals surface area contributed by atoms with Gasteiger partial charge >= 0.3 is 0 Å². The van der Waals surface area contributed by atoms with Crippen molar-refractivity contribution in [1.29, 1.82) is 0 Å². The van der Waals surface area contributed by atoms with E-state index in [2.05, 4.69) is 0 Å². The van der Waals surface area contributed by atoms with E-state index in [0.29, 0.717) is 11.3 Å². The van der Waals surface area contributed by atoms with Gasteiger partial charge in [-0.25, -0.2) is 0 Å². The van der Waals surface area contributed by atoms with E-state index in [0.717, 1.165) is 5.56 Å². The molecule has 0 spiro atoms. The number of rotatable bonds is 4. The lowest BCUT2D eigenvalue weighted by molar-refractivity contribution is -0.126. The van der Waals surface area contributed by atoms with Gasteiger partial charge in [-0.2, -0.15) is 0 Å². The summed E-state index contributed by atoms with van der Waals surface area (Å²) in [6.07, 6.45) is 2.92. The maximum atomic E-state index is 12.6. The van der Waals surface area contributed by atoms with E-state index in [1.54, 1.807) is 26.8 Å². The summed E-state index contributed by atoms with van der Waals surface area (Å²) in [5.74, 6) is -0.892. The van der Waals surface area contributed by atoms with E-state index in [4.69, 9.17) is 4.74 Å². The zero-order valence-electron chi connectivity index (χ0n) is 13.7. The molecule has 0 heterocycles. The van der Waals surface area contributed by atoms with Gasteiger partial charge in [-0.3, -0.25) is 9.59 Å². The summed E-state index contributed by atoms with van der Waals surface area (Å²) in [5.41, 5.74) is 0.0683. The van der Waals surface area contributed by atoms with E-state index < -0.39 is 17.0 Å². The Labute approximate surface area is 135 Å². The SMILES string of the molecule is COC1=C(C)C(O)=C(C(=O)C=Cc2ccccc2)C(=O)C1(C)C. The van der Waals surface area contributed by atoms with Crippen molar-refractivity contribution >= 4 is 17.6 Å². The van der Waals surface area contributed by atoms with E-state index in [9.17, 15) is 14.7 Å². The van der Waals surface area contributed by atoms with Crippen molar-refractivity contribution in [3.8, 4) is 0 Å². The number of benzene rings is 1. The highest BCUT2D eigenvalue weighted by Crippen LogP contribution is 2.40. The topological polar surface area (TPSA) is 63.6 Å². The average molecular weight is 312 g/mol. The molecule has 0 aromatic heterocycles. The largest absolute Gasteiger partial charge is 0.507 e. The van der Waals surface area contributed by atoms with Crippen LogP contribution in [0.4, 0.5) is 0 Å². The number of aliphatic hydroxyl groups is 1. The Hall–Kier alpha value is -2.62. The number of ketones is 2. The normalized spacial score (nSPS) is 17.8. The number of carbonyl (C=O) groups is 2. The second kappa shape index (κ2) is 6.24. The maximum absolute atomic E-state index is 12.6. The molecule has 1 aromatic carbocycles. The summed E-state index contributed by atoms with van der Waals surface area (Å²) in [4.78, 5) is 25.1. The fourth-order valence-corrected chi connectivity index (χ4v) is 2.74. The number of aliphatic hydroxyl groups excluding tert-OH is 1. The highest BCUT2D eigenvalue weighted by atomic mass is 16.5. The first-order valence-corrected chi connectivity index (χ1v) is 7.32. The molecule has 1 aromatic rings. The highest BCUT2D eigenvalue weighted by molar-refractivity contribution is 6.28. The number of hydrogen-bond acceptors (Lipinski definition) is 4. The van der Waals surface area contributed by atoms with Gasteiger partial charge in [-0.1, -0.05) is 36.4 Å². The van der Waals surface area contributed by atoms with Crippen molar-refractivity contribution in [3.05, 3.63) is 64.6 Å². The third-order valence-electron chi connectivity index (χ3n) is 3.97. The van der Waals surface area contributed by atoms with Crippen LogP contribution in [0.1, 0.15) is 26.3 Å². The Balaban J connectivity index is 2.43. The van der Waals surface area contributed by atoms with Gasteiger partial charge in [0.15, 0.2) is 11.6 Å². The van der Waals surface area contributed by atoms with Gasteiger partial charge in [-0.15, -0.1) is 0 Å². The molecule has 0 atom stereocenters. The van der Waals surface area contributed by atoms with Gasteiger partial charge in [0.2, 0.25) is 0 Å². The van der Waals surface area contributed by atoms with Gasteiger partial charge in [0.25, 0.3) is 0 Å².